The molecule has 2 aromatic carbocycles. The van der Waals surface area contributed by atoms with Crippen molar-refractivity contribution in [3.05, 3.63) is 58.1 Å². The molecule has 144 valence electrons. The van der Waals surface area contributed by atoms with Crippen LogP contribution in [0.3, 0.4) is 0 Å². The van der Waals surface area contributed by atoms with Gasteiger partial charge >= 0.3 is 11.9 Å². The first-order valence-corrected chi connectivity index (χ1v) is 9.51. The normalized spacial score (nSPS) is 10.8. The van der Waals surface area contributed by atoms with Crippen LogP contribution in [0.15, 0.2) is 46.9 Å². The second-order valence-electron chi connectivity index (χ2n) is 6.72. The third-order valence-electron chi connectivity index (χ3n) is 3.36. The van der Waals surface area contributed by atoms with Gasteiger partial charge in [-0.25, -0.2) is 9.59 Å². The monoisotopic (exact) mass is 434 g/mol. The molecule has 2 rings (SSSR count). The summed E-state index contributed by atoms with van der Waals surface area (Å²) in [7, 11) is 0. The molecule has 0 bridgehead atoms. The zero-order valence-electron chi connectivity index (χ0n) is 15.8. The summed E-state index contributed by atoms with van der Waals surface area (Å²) < 4.78 is 16.9. The Bertz CT molecular complexity index is 814. The summed E-state index contributed by atoms with van der Waals surface area (Å²) in [6.45, 7) is 8.10. The summed E-state index contributed by atoms with van der Waals surface area (Å²) in [4.78, 5) is 24.4. The fourth-order valence-electron chi connectivity index (χ4n) is 2.16. The third kappa shape index (κ3) is 6.40. The average Bonchev–Trinajstić information content (AvgIpc) is 2.61. The molecule has 0 aliphatic heterocycles. The van der Waals surface area contributed by atoms with Gasteiger partial charge in [0.2, 0.25) is 0 Å². The maximum absolute atomic E-state index is 12.4. The van der Waals surface area contributed by atoms with Gasteiger partial charge in [-0.15, -0.1) is 0 Å². The Balaban J connectivity index is 2.08. The second kappa shape index (κ2) is 9.55. The van der Waals surface area contributed by atoms with Crippen LogP contribution in [0.2, 0.25) is 0 Å². The molecule has 0 saturated carbocycles. The molecule has 0 aromatic heterocycles. The van der Waals surface area contributed by atoms with E-state index < -0.39 is 11.9 Å². The topological polar surface area (TPSA) is 61.8 Å². The number of esters is 2. The highest BCUT2D eigenvalue weighted by Crippen LogP contribution is 2.27. The quantitative estimate of drug-likeness (QED) is 0.438. The van der Waals surface area contributed by atoms with Gasteiger partial charge in [0.1, 0.15) is 11.5 Å². The predicted molar refractivity (Wildman–Crippen MR) is 106 cm³/mol. The zero-order valence-corrected chi connectivity index (χ0v) is 17.4. The minimum atomic E-state index is -0.528. The molecular formula is C21H23BrO5. The molecule has 0 aliphatic carbocycles. The minimum absolute atomic E-state index is 0.0253. The summed E-state index contributed by atoms with van der Waals surface area (Å²) in [5.41, 5.74) is 0.702. The van der Waals surface area contributed by atoms with Gasteiger partial charge in [-0.3, -0.25) is 0 Å². The van der Waals surface area contributed by atoms with Gasteiger partial charge in [0.15, 0.2) is 0 Å². The van der Waals surface area contributed by atoms with E-state index in [-0.39, 0.29) is 17.8 Å². The lowest BCUT2D eigenvalue weighted by Crippen LogP contribution is -2.12. The van der Waals surface area contributed by atoms with Crippen LogP contribution in [0.1, 0.15) is 48.4 Å². The van der Waals surface area contributed by atoms with Crippen molar-refractivity contribution in [2.75, 3.05) is 6.61 Å². The molecule has 0 spiro atoms. The molecular weight excluding hydrogens is 412 g/mol. The molecule has 5 nitrogen and oxygen atoms in total. The van der Waals surface area contributed by atoms with Crippen LogP contribution in [-0.2, 0) is 4.74 Å². The Hall–Kier alpha value is -2.34. The fourth-order valence-corrected chi connectivity index (χ4v) is 2.63. The summed E-state index contributed by atoms with van der Waals surface area (Å²) in [6, 6.07) is 11.3. The molecule has 0 heterocycles. The Kier molecular flexibility index (Phi) is 7.42. The summed E-state index contributed by atoms with van der Waals surface area (Å²) in [6.07, 6.45) is 0.0253. The molecule has 27 heavy (non-hydrogen) atoms. The van der Waals surface area contributed by atoms with Crippen LogP contribution in [0.4, 0.5) is 0 Å². The van der Waals surface area contributed by atoms with Crippen molar-refractivity contribution in [3.63, 3.8) is 0 Å². The standard InChI is InChI=1S/C21H23BrO5/c1-13(2)12-25-20(23)15-6-5-7-17(10-15)27-21(24)16-8-9-19(18(22)11-16)26-14(3)4/h5-11,13-14H,12H2,1-4H3. The molecule has 2 aromatic rings. The largest absolute Gasteiger partial charge is 0.490 e. The van der Waals surface area contributed by atoms with E-state index >= 15 is 0 Å². The van der Waals surface area contributed by atoms with Crippen LogP contribution in [0.5, 0.6) is 11.5 Å². The zero-order chi connectivity index (χ0) is 20.0. The lowest BCUT2D eigenvalue weighted by Gasteiger charge is -2.12. The molecule has 0 N–H and O–H groups in total. The van der Waals surface area contributed by atoms with Crippen LogP contribution in [0, 0.1) is 5.92 Å². The van der Waals surface area contributed by atoms with Crippen molar-refractivity contribution in [2.24, 2.45) is 5.92 Å². The van der Waals surface area contributed by atoms with E-state index in [1.165, 1.54) is 6.07 Å². The number of rotatable bonds is 7. The molecule has 0 fully saturated rings. The van der Waals surface area contributed by atoms with E-state index in [0.29, 0.717) is 28.0 Å². The summed E-state index contributed by atoms with van der Waals surface area (Å²) in [5, 5.41) is 0. The van der Waals surface area contributed by atoms with Gasteiger partial charge in [-0.05, 0) is 72.1 Å². The fraction of sp³-hybridized carbons (Fsp3) is 0.333. The number of hydrogen-bond donors (Lipinski definition) is 0. The van der Waals surface area contributed by atoms with Crippen molar-refractivity contribution in [2.45, 2.75) is 33.8 Å². The van der Waals surface area contributed by atoms with Gasteiger partial charge in [-0.1, -0.05) is 19.9 Å². The molecule has 0 saturated heterocycles. The number of halogens is 1. The highest BCUT2D eigenvalue weighted by Gasteiger charge is 2.14. The van der Waals surface area contributed by atoms with E-state index in [1.54, 1.807) is 36.4 Å². The SMILES string of the molecule is CC(C)COC(=O)c1cccc(OC(=O)c2ccc(OC(C)C)c(Br)c2)c1. The molecule has 0 atom stereocenters. The van der Waals surface area contributed by atoms with Crippen LogP contribution in [-0.4, -0.2) is 24.6 Å². The van der Waals surface area contributed by atoms with E-state index in [1.807, 2.05) is 27.7 Å². The number of benzene rings is 2. The number of ether oxygens (including phenoxy) is 3. The highest BCUT2D eigenvalue weighted by atomic mass is 79.9. The van der Waals surface area contributed by atoms with Crippen molar-refractivity contribution in [3.8, 4) is 11.5 Å². The maximum atomic E-state index is 12.4. The minimum Gasteiger partial charge on any atom is -0.490 e. The Morgan fingerprint density at radius 1 is 0.963 bits per heavy atom. The highest BCUT2D eigenvalue weighted by molar-refractivity contribution is 9.10. The van der Waals surface area contributed by atoms with Crippen LogP contribution < -0.4 is 9.47 Å². The van der Waals surface area contributed by atoms with Crippen molar-refractivity contribution >= 4 is 27.9 Å². The smallest absolute Gasteiger partial charge is 0.343 e. The van der Waals surface area contributed by atoms with Gasteiger partial charge in [0, 0.05) is 0 Å². The molecule has 6 heteroatoms. The summed E-state index contributed by atoms with van der Waals surface area (Å²) in [5.74, 6) is 0.198. The molecule has 0 unspecified atom stereocenters. The third-order valence-corrected chi connectivity index (χ3v) is 3.98. The van der Waals surface area contributed by atoms with Gasteiger partial charge in [0.25, 0.3) is 0 Å². The van der Waals surface area contributed by atoms with Gasteiger partial charge in [0.05, 0.1) is 28.3 Å². The number of carbonyl (C=O) groups excluding carboxylic acids is 2. The molecule has 0 radical (unpaired) electrons. The van der Waals surface area contributed by atoms with Crippen LogP contribution >= 0.6 is 15.9 Å². The van der Waals surface area contributed by atoms with Crippen LogP contribution in [0.25, 0.3) is 0 Å². The first-order valence-electron chi connectivity index (χ1n) is 8.72. The van der Waals surface area contributed by atoms with E-state index in [4.69, 9.17) is 14.2 Å². The number of hydrogen-bond acceptors (Lipinski definition) is 5. The average molecular weight is 435 g/mol. The van der Waals surface area contributed by atoms with E-state index in [9.17, 15) is 9.59 Å². The van der Waals surface area contributed by atoms with Crippen molar-refractivity contribution in [1.82, 2.24) is 0 Å². The second-order valence-corrected chi connectivity index (χ2v) is 7.58. The van der Waals surface area contributed by atoms with Gasteiger partial charge in [-0.2, -0.15) is 0 Å². The van der Waals surface area contributed by atoms with E-state index in [0.717, 1.165) is 0 Å². The van der Waals surface area contributed by atoms with Crippen molar-refractivity contribution < 1.29 is 23.8 Å². The lowest BCUT2D eigenvalue weighted by atomic mass is 10.2. The first-order chi connectivity index (χ1) is 12.8. The molecule has 0 amide bonds. The molecule has 0 aliphatic rings. The van der Waals surface area contributed by atoms with E-state index in [2.05, 4.69) is 15.9 Å². The first kappa shape index (κ1) is 21.0. The van der Waals surface area contributed by atoms with Crippen molar-refractivity contribution in [1.29, 1.82) is 0 Å². The number of carbonyl (C=O) groups is 2. The predicted octanol–water partition coefficient (Wildman–Crippen LogP) is 5.27. The Morgan fingerprint density at radius 3 is 2.30 bits per heavy atom. The maximum Gasteiger partial charge on any atom is 0.343 e. The summed E-state index contributed by atoms with van der Waals surface area (Å²) >= 11 is 3.39. The van der Waals surface area contributed by atoms with Gasteiger partial charge < -0.3 is 14.2 Å². The Labute approximate surface area is 167 Å². The lowest BCUT2D eigenvalue weighted by molar-refractivity contribution is 0.0457. The Morgan fingerprint density at radius 2 is 1.67 bits per heavy atom.